The van der Waals surface area contributed by atoms with Gasteiger partial charge in [-0.3, -0.25) is 14.7 Å². The van der Waals surface area contributed by atoms with Crippen LogP contribution in [0.25, 0.3) is 0 Å². The molecule has 3 aliphatic rings. The zero-order valence-electron chi connectivity index (χ0n) is 16.1. The fourth-order valence-electron chi connectivity index (χ4n) is 4.58. The number of aromatic nitrogens is 1. The van der Waals surface area contributed by atoms with Crippen LogP contribution in [0.3, 0.4) is 0 Å². The molecule has 1 amide bonds. The van der Waals surface area contributed by atoms with Crippen molar-refractivity contribution in [2.75, 3.05) is 44.2 Å². The summed E-state index contributed by atoms with van der Waals surface area (Å²) in [7, 11) is 0. The molecule has 0 saturated carbocycles. The van der Waals surface area contributed by atoms with Gasteiger partial charge in [0.15, 0.2) is 0 Å². The van der Waals surface area contributed by atoms with E-state index in [0.717, 1.165) is 39.0 Å². The number of anilines is 1. The number of carbonyl (C=O) groups is 2. The lowest BCUT2D eigenvalue weighted by atomic mass is 9.97. The first kappa shape index (κ1) is 19.0. The van der Waals surface area contributed by atoms with Gasteiger partial charge in [-0.15, -0.1) is 0 Å². The van der Waals surface area contributed by atoms with Gasteiger partial charge in [-0.1, -0.05) is 0 Å². The third kappa shape index (κ3) is 4.22. The molecule has 1 N–H and O–H groups in total. The van der Waals surface area contributed by atoms with Gasteiger partial charge in [-0.05, 0) is 50.9 Å². The first-order valence-electron chi connectivity index (χ1n) is 10.2. The van der Waals surface area contributed by atoms with Gasteiger partial charge in [0, 0.05) is 43.8 Å². The number of carboxylic acids is 1. The molecular weight excluding hydrogens is 360 g/mol. The molecule has 1 atom stereocenters. The van der Waals surface area contributed by atoms with Gasteiger partial charge in [0.05, 0.1) is 12.5 Å². The molecule has 28 heavy (non-hydrogen) atoms. The molecule has 0 spiro atoms. The molecule has 8 heteroatoms. The van der Waals surface area contributed by atoms with Crippen LogP contribution in [-0.2, 0) is 9.53 Å². The average molecular weight is 388 g/mol. The van der Waals surface area contributed by atoms with E-state index in [9.17, 15) is 9.59 Å². The summed E-state index contributed by atoms with van der Waals surface area (Å²) in [5.41, 5.74) is 1.18. The second kappa shape index (κ2) is 8.34. The van der Waals surface area contributed by atoms with Crippen molar-refractivity contribution >= 4 is 17.7 Å². The van der Waals surface area contributed by atoms with Crippen LogP contribution < -0.4 is 4.90 Å². The number of aliphatic carboxylic acids is 1. The maximum atomic E-state index is 12.4. The zero-order chi connectivity index (χ0) is 19.5. The number of amides is 1. The minimum atomic E-state index is -0.698. The van der Waals surface area contributed by atoms with Crippen LogP contribution in [0, 0.1) is 5.92 Å². The highest BCUT2D eigenvalue weighted by atomic mass is 16.6. The van der Waals surface area contributed by atoms with Gasteiger partial charge in [0.25, 0.3) is 0 Å². The number of nitrogens with zero attached hydrogens (tertiary/aromatic N) is 4. The molecule has 3 aliphatic heterocycles. The fourth-order valence-corrected chi connectivity index (χ4v) is 4.58. The van der Waals surface area contributed by atoms with Crippen LogP contribution in [0.15, 0.2) is 24.5 Å². The van der Waals surface area contributed by atoms with Gasteiger partial charge in [0.1, 0.15) is 6.10 Å². The summed E-state index contributed by atoms with van der Waals surface area (Å²) in [4.78, 5) is 34.0. The standard InChI is InChI=1S/C20H28N4O4/c25-19(26)15-3-9-22(10-4-15)13-18-14-24(20(27)28-18)17-5-11-23(12-6-17)16-1-7-21-8-2-16/h1-2,7-8,15,17-18H,3-6,9-14H2,(H,25,26). The molecule has 1 aromatic heterocycles. The van der Waals surface area contributed by atoms with E-state index in [2.05, 4.69) is 14.8 Å². The smallest absolute Gasteiger partial charge is 0.410 e. The summed E-state index contributed by atoms with van der Waals surface area (Å²) in [6.45, 7) is 4.70. The second-order valence-electron chi connectivity index (χ2n) is 7.99. The highest BCUT2D eigenvalue weighted by molar-refractivity contribution is 5.70. The first-order chi connectivity index (χ1) is 13.6. The van der Waals surface area contributed by atoms with Crippen molar-refractivity contribution in [3.63, 3.8) is 0 Å². The first-order valence-corrected chi connectivity index (χ1v) is 10.2. The molecule has 4 heterocycles. The molecule has 1 unspecified atom stereocenters. The number of pyridine rings is 1. The number of hydrogen-bond donors (Lipinski definition) is 1. The second-order valence-corrected chi connectivity index (χ2v) is 7.99. The van der Waals surface area contributed by atoms with Gasteiger partial charge in [-0.2, -0.15) is 0 Å². The van der Waals surface area contributed by atoms with Crippen molar-refractivity contribution in [3.8, 4) is 0 Å². The van der Waals surface area contributed by atoms with Crippen LogP contribution in [0.5, 0.6) is 0 Å². The molecule has 0 aliphatic carbocycles. The topological polar surface area (TPSA) is 86.2 Å². The quantitative estimate of drug-likeness (QED) is 0.821. The van der Waals surface area contributed by atoms with E-state index < -0.39 is 5.97 Å². The van der Waals surface area contributed by atoms with E-state index in [1.807, 2.05) is 29.4 Å². The van der Waals surface area contributed by atoms with E-state index in [0.29, 0.717) is 25.9 Å². The molecule has 3 saturated heterocycles. The van der Waals surface area contributed by atoms with Crippen LogP contribution in [-0.4, -0.2) is 83.4 Å². The Morgan fingerprint density at radius 2 is 1.79 bits per heavy atom. The van der Waals surface area contributed by atoms with Crippen molar-refractivity contribution in [2.24, 2.45) is 5.92 Å². The normalized spacial score (nSPS) is 25.1. The lowest BCUT2D eigenvalue weighted by Crippen LogP contribution is -2.46. The molecule has 0 aromatic carbocycles. The predicted molar refractivity (Wildman–Crippen MR) is 103 cm³/mol. The Kier molecular flexibility index (Phi) is 5.66. The number of rotatable bonds is 5. The summed E-state index contributed by atoms with van der Waals surface area (Å²) in [5.74, 6) is -0.930. The highest BCUT2D eigenvalue weighted by Gasteiger charge is 2.38. The van der Waals surface area contributed by atoms with Gasteiger partial charge in [0.2, 0.25) is 0 Å². The van der Waals surface area contributed by atoms with Crippen LogP contribution in [0.2, 0.25) is 0 Å². The SMILES string of the molecule is O=C(O)C1CCN(CC2CN(C3CCN(c4ccncc4)CC3)C(=O)O2)CC1. The summed E-state index contributed by atoms with van der Waals surface area (Å²) < 4.78 is 5.62. The summed E-state index contributed by atoms with van der Waals surface area (Å²) in [5, 5.41) is 9.11. The Morgan fingerprint density at radius 1 is 1.11 bits per heavy atom. The Labute approximate surface area is 165 Å². The number of cyclic esters (lactones) is 1. The summed E-state index contributed by atoms with van der Waals surface area (Å²) in [6, 6.07) is 4.27. The zero-order valence-corrected chi connectivity index (χ0v) is 16.1. The summed E-state index contributed by atoms with van der Waals surface area (Å²) in [6.07, 6.45) is 6.52. The monoisotopic (exact) mass is 388 g/mol. The molecular formula is C20H28N4O4. The molecule has 1 aromatic rings. The van der Waals surface area contributed by atoms with E-state index in [1.165, 1.54) is 5.69 Å². The molecule has 0 bridgehead atoms. The molecule has 0 radical (unpaired) electrons. The van der Waals surface area contributed by atoms with Gasteiger partial charge >= 0.3 is 12.1 Å². The number of likely N-dealkylation sites (tertiary alicyclic amines) is 1. The fraction of sp³-hybridized carbons (Fsp3) is 0.650. The maximum absolute atomic E-state index is 12.4. The Bertz CT molecular complexity index is 685. The minimum absolute atomic E-state index is 0.118. The minimum Gasteiger partial charge on any atom is -0.481 e. The maximum Gasteiger partial charge on any atom is 0.410 e. The molecule has 3 fully saturated rings. The number of carboxylic acid groups (broad SMARTS) is 1. The lowest BCUT2D eigenvalue weighted by Gasteiger charge is -2.36. The number of carbonyl (C=O) groups excluding carboxylic acids is 1. The summed E-state index contributed by atoms with van der Waals surface area (Å²) >= 11 is 0. The number of ether oxygens (including phenoxy) is 1. The third-order valence-corrected chi connectivity index (χ3v) is 6.23. The predicted octanol–water partition coefficient (Wildman–Crippen LogP) is 1.67. The Morgan fingerprint density at radius 3 is 2.43 bits per heavy atom. The number of piperidine rings is 2. The molecule has 4 rings (SSSR count). The van der Waals surface area contributed by atoms with Crippen molar-refractivity contribution < 1.29 is 19.4 Å². The van der Waals surface area contributed by atoms with E-state index in [4.69, 9.17) is 9.84 Å². The van der Waals surface area contributed by atoms with Crippen molar-refractivity contribution in [3.05, 3.63) is 24.5 Å². The van der Waals surface area contributed by atoms with Crippen LogP contribution in [0.4, 0.5) is 10.5 Å². The Balaban J connectivity index is 1.25. The highest BCUT2D eigenvalue weighted by Crippen LogP contribution is 2.26. The average Bonchev–Trinajstić information content (AvgIpc) is 3.09. The van der Waals surface area contributed by atoms with Crippen molar-refractivity contribution in [1.82, 2.24) is 14.8 Å². The van der Waals surface area contributed by atoms with E-state index >= 15 is 0 Å². The van der Waals surface area contributed by atoms with E-state index in [1.54, 1.807) is 0 Å². The largest absolute Gasteiger partial charge is 0.481 e. The number of hydrogen-bond acceptors (Lipinski definition) is 6. The van der Waals surface area contributed by atoms with Crippen LogP contribution >= 0.6 is 0 Å². The third-order valence-electron chi connectivity index (χ3n) is 6.23. The van der Waals surface area contributed by atoms with Crippen molar-refractivity contribution in [2.45, 2.75) is 37.8 Å². The molecule has 8 nitrogen and oxygen atoms in total. The van der Waals surface area contributed by atoms with Crippen LogP contribution in [0.1, 0.15) is 25.7 Å². The lowest BCUT2D eigenvalue weighted by molar-refractivity contribution is -0.143. The van der Waals surface area contributed by atoms with E-state index in [-0.39, 0.29) is 24.2 Å². The Hall–Kier alpha value is -2.35. The van der Waals surface area contributed by atoms with Crippen molar-refractivity contribution in [1.29, 1.82) is 0 Å². The van der Waals surface area contributed by atoms with Gasteiger partial charge < -0.3 is 19.6 Å². The molecule has 152 valence electrons. The van der Waals surface area contributed by atoms with Gasteiger partial charge in [-0.25, -0.2) is 4.79 Å².